The molecule has 2 saturated heterocycles. The molecule has 4 aliphatic rings. The molecule has 25 heavy (non-hydrogen) atoms. The first-order chi connectivity index (χ1) is 12.4. The molecule has 0 aliphatic carbocycles. The van der Waals surface area contributed by atoms with Crippen LogP contribution in [0.1, 0.15) is 50.1 Å². The van der Waals surface area contributed by atoms with Crippen molar-refractivity contribution < 1.29 is 0 Å². The minimum atomic E-state index is 0.522. The molecule has 2 fully saturated rings. The van der Waals surface area contributed by atoms with E-state index in [2.05, 4.69) is 19.8 Å². The van der Waals surface area contributed by atoms with E-state index in [0.29, 0.717) is 12.0 Å². The van der Waals surface area contributed by atoms with Crippen LogP contribution in [-0.4, -0.2) is 70.2 Å². The van der Waals surface area contributed by atoms with Crippen molar-refractivity contribution in [2.24, 2.45) is 15.9 Å². The largest absolute Gasteiger partial charge is 0.360 e. The summed E-state index contributed by atoms with van der Waals surface area (Å²) in [5.41, 5.74) is 1.26. The fraction of sp³-hybridized carbons (Fsp3) is 0.737. The molecule has 5 rings (SSSR count). The van der Waals surface area contributed by atoms with Gasteiger partial charge in [-0.1, -0.05) is 0 Å². The Bertz CT molecular complexity index is 663. The molecule has 0 aromatic carbocycles. The Morgan fingerprint density at radius 2 is 2.00 bits per heavy atom. The third-order valence-electron chi connectivity index (χ3n) is 6.50. The van der Waals surface area contributed by atoms with E-state index in [1.165, 1.54) is 62.7 Å². The van der Waals surface area contributed by atoms with E-state index in [0.717, 1.165) is 31.8 Å². The Labute approximate surface area is 149 Å². The summed E-state index contributed by atoms with van der Waals surface area (Å²) in [4.78, 5) is 22.5. The lowest BCUT2D eigenvalue weighted by Gasteiger charge is -2.32. The highest BCUT2D eigenvalue weighted by atomic mass is 15.2. The van der Waals surface area contributed by atoms with Crippen LogP contribution in [0.25, 0.3) is 0 Å². The van der Waals surface area contributed by atoms with Gasteiger partial charge in [-0.25, -0.2) is 4.98 Å². The quantitative estimate of drug-likeness (QED) is 0.898. The average molecular weight is 340 g/mol. The van der Waals surface area contributed by atoms with Gasteiger partial charge in [0.1, 0.15) is 0 Å². The zero-order valence-corrected chi connectivity index (χ0v) is 14.9. The first-order valence-corrected chi connectivity index (χ1v) is 9.95. The second-order valence-electron chi connectivity index (χ2n) is 7.98. The minimum Gasteiger partial charge on any atom is -0.360 e. The predicted molar refractivity (Wildman–Crippen MR) is 99.2 cm³/mol. The van der Waals surface area contributed by atoms with Gasteiger partial charge in [0.05, 0.1) is 24.0 Å². The van der Waals surface area contributed by atoms with Crippen molar-refractivity contribution in [2.75, 3.05) is 32.7 Å². The number of aliphatic imine (C=N–C) groups is 2. The third-order valence-corrected chi connectivity index (χ3v) is 6.50. The zero-order valence-electron chi connectivity index (χ0n) is 14.9. The Hall–Kier alpha value is -1.85. The van der Waals surface area contributed by atoms with E-state index in [1.54, 1.807) is 6.33 Å². The molecule has 3 atom stereocenters. The first-order valence-electron chi connectivity index (χ1n) is 9.95. The predicted octanol–water partition coefficient (Wildman–Crippen LogP) is 2.27. The van der Waals surface area contributed by atoms with Crippen LogP contribution in [0.2, 0.25) is 0 Å². The van der Waals surface area contributed by atoms with Gasteiger partial charge in [0, 0.05) is 63.4 Å². The molecule has 134 valence electrons. The van der Waals surface area contributed by atoms with Crippen LogP contribution < -0.4 is 0 Å². The van der Waals surface area contributed by atoms with E-state index in [-0.39, 0.29) is 0 Å². The Balaban J connectivity index is 1.28. The highest BCUT2D eigenvalue weighted by Crippen LogP contribution is 2.34. The second-order valence-corrected chi connectivity index (χ2v) is 7.98. The molecular weight excluding hydrogens is 312 g/mol. The zero-order chi connectivity index (χ0) is 16.6. The van der Waals surface area contributed by atoms with E-state index >= 15 is 0 Å². The molecule has 0 amide bonds. The molecule has 0 bridgehead atoms. The molecule has 5 heterocycles. The number of aromatic nitrogens is 2. The van der Waals surface area contributed by atoms with Gasteiger partial charge in [0.25, 0.3) is 0 Å². The summed E-state index contributed by atoms with van der Waals surface area (Å²) in [6.07, 6.45) is 11.0. The van der Waals surface area contributed by atoms with E-state index in [9.17, 15) is 0 Å². The molecule has 1 aromatic rings. The number of fused-ring (bicyclic) bond motifs is 2. The number of hydrogen-bond acceptors (Lipinski definition) is 5. The summed E-state index contributed by atoms with van der Waals surface area (Å²) in [7, 11) is 0. The van der Waals surface area contributed by atoms with Gasteiger partial charge in [-0.15, -0.1) is 0 Å². The number of nitrogens with one attached hydrogen (secondary N) is 1. The normalized spacial score (nSPS) is 32.6. The SMILES string of the molecule is c1ncc(C2CC3=NC(C4CCC5=NCCCN5CC4)CCN3C2)[nH]1. The minimum absolute atomic E-state index is 0.522. The van der Waals surface area contributed by atoms with Crippen molar-refractivity contribution in [1.82, 2.24) is 19.8 Å². The fourth-order valence-electron chi connectivity index (χ4n) is 5.07. The summed E-state index contributed by atoms with van der Waals surface area (Å²) >= 11 is 0. The molecule has 6 heteroatoms. The summed E-state index contributed by atoms with van der Waals surface area (Å²) in [6, 6.07) is 0.522. The molecule has 1 N–H and O–H groups in total. The Morgan fingerprint density at radius 3 is 2.92 bits per heavy atom. The summed E-state index contributed by atoms with van der Waals surface area (Å²) in [5.74, 6) is 3.99. The highest BCUT2D eigenvalue weighted by molar-refractivity contribution is 5.86. The van der Waals surface area contributed by atoms with Crippen LogP contribution >= 0.6 is 0 Å². The van der Waals surface area contributed by atoms with Gasteiger partial charge < -0.3 is 14.8 Å². The molecule has 3 unspecified atom stereocenters. The lowest BCUT2D eigenvalue weighted by molar-refractivity contribution is 0.291. The second kappa shape index (κ2) is 6.46. The molecule has 0 spiro atoms. The summed E-state index contributed by atoms with van der Waals surface area (Å²) in [6.45, 7) is 5.71. The maximum absolute atomic E-state index is 5.24. The first kappa shape index (κ1) is 15.4. The van der Waals surface area contributed by atoms with Gasteiger partial charge in [-0.3, -0.25) is 9.98 Å². The Kier molecular flexibility index (Phi) is 3.98. The highest BCUT2D eigenvalue weighted by Gasteiger charge is 2.36. The number of hydrogen-bond donors (Lipinski definition) is 1. The molecule has 6 nitrogen and oxygen atoms in total. The van der Waals surface area contributed by atoms with Crippen molar-refractivity contribution in [3.63, 3.8) is 0 Å². The van der Waals surface area contributed by atoms with Crippen molar-refractivity contribution in [1.29, 1.82) is 0 Å². The summed E-state index contributed by atoms with van der Waals surface area (Å²) < 4.78 is 0. The molecule has 0 radical (unpaired) electrons. The number of aromatic amines is 1. The number of amidine groups is 2. The van der Waals surface area contributed by atoms with Gasteiger partial charge >= 0.3 is 0 Å². The smallest absolute Gasteiger partial charge is 0.1000 e. The van der Waals surface area contributed by atoms with Crippen molar-refractivity contribution in [3.8, 4) is 0 Å². The number of imidazole rings is 1. The number of H-pyrrole nitrogens is 1. The van der Waals surface area contributed by atoms with E-state index < -0.39 is 0 Å². The van der Waals surface area contributed by atoms with Gasteiger partial charge in [0.2, 0.25) is 0 Å². The van der Waals surface area contributed by atoms with Gasteiger partial charge in [-0.05, 0) is 31.6 Å². The third kappa shape index (κ3) is 2.96. The number of nitrogens with zero attached hydrogens (tertiary/aromatic N) is 5. The molecule has 4 aliphatic heterocycles. The molecular formula is C19H28N6. The fourth-order valence-corrected chi connectivity index (χ4v) is 5.07. The maximum atomic E-state index is 5.24. The maximum Gasteiger partial charge on any atom is 0.1000 e. The van der Waals surface area contributed by atoms with E-state index in [4.69, 9.17) is 9.98 Å². The van der Waals surface area contributed by atoms with Crippen LogP contribution in [0.4, 0.5) is 0 Å². The average Bonchev–Trinajstić information content (AvgIpc) is 3.26. The van der Waals surface area contributed by atoms with Gasteiger partial charge in [-0.2, -0.15) is 0 Å². The molecule has 1 aromatic heterocycles. The van der Waals surface area contributed by atoms with Crippen LogP contribution in [0.3, 0.4) is 0 Å². The molecule has 0 saturated carbocycles. The lowest BCUT2D eigenvalue weighted by Crippen LogP contribution is -2.37. The van der Waals surface area contributed by atoms with E-state index in [1.807, 2.05) is 6.20 Å². The van der Waals surface area contributed by atoms with Crippen LogP contribution in [0.5, 0.6) is 0 Å². The van der Waals surface area contributed by atoms with Crippen molar-refractivity contribution in [3.05, 3.63) is 18.2 Å². The van der Waals surface area contributed by atoms with Gasteiger partial charge in [0.15, 0.2) is 0 Å². The van der Waals surface area contributed by atoms with Crippen molar-refractivity contribution in [2.45, 2.75) is 50.5 Å². The van der Waals surface area contributed by atoms with Crippen LogP contribution in [-0.2, 0) is 0 Å². The monoisotopic (exact) mass is 340 g/mol. The topological polar surface area (TPSA) is 59.9 Å². The van der Waals surface area contributed by atoms with Crippen LogP contribution in [0.15, 0.2) is 22.5 Å². The number of rotatable bonds is 2. The standard InChI is InChI=1S/C19H28N6/c1-6-21-18-3-2-14(4-8-24(18)7-1)16-5-9-25-12-15(10-19(25)23-16)17-11-20-13-22-17/h11,13-16H,1-10,12H2,(H,20,22). The van der Waals surface area contributed by atoms with Crippen LogP contribution in [0, 0.1) is 5.92 Å². The summed E-state index contributed by atoms with van der Waals surface area (Å²) in [5, 5.41) is 0. The van der Waals surface area contributed by atoms with Crippen molar-refractivity contribution >= 4 is 11.7 Å². The lowest BCUT2D eigenvalue weighted by atomic mass is 9.89. The Morgan fingerprint density at radius 1 is 1.04 bits per heavy atom.